The lowest BCUT2D eigenvalue weighted by atomic mass is 10.1. The second-order valence-corrected chi connectivity index (χ2v) is 5.39. The molecule has 110 valence electrons. The third-order valence-corrected chi connectivity index (χ3v) is 3.59. The first-order chi connectivity index (χ1) is 9.69. The van der Waals surface area contributed by atoms with E-state index in [4.69, 9.17) is 4.74 Å². The number of hydrogen-bond acceptors (Lipinski definition) is 3. The van der Waals surface area contributed by atoms with Gasteiger partial charge in [0.05, 0.1) is 7.11 Å². The Balaban J connectivity index is 1.63. The van der Waals surface area contributed by atoms with E-state index in [0.717, 1.165) is 31.6 Å². The Bertz CT molecular complexity index is 427. The van der Waals surface area contributed by atoms with Crippen molar-refractivity contribution in [2.24, 2.45) is 0 Å². The zero-order valence-corrected chi connectivity index (χ0v) is 12.3. The molecule has 1 aliphatic rings. The maximum absolute atomic E-state index is 11.5. The number of benzene rings is 1. The van der Waals surface area contributed by atoms with Crippen LogP contribution in [0.1, 0.15) is 44.2 Å². The smallest absolute Gasteiger partial charge is 0.220 e. The maximum atomic E-state index is 11.5. The van der Waals surface area contributed by atoms with Crippen molar-refractivity contribution in [1.82, 2.24) is 10.6 Å². The largest absolute Gasteiger partial charge is 0.497 e. The fourth-order valence-electron chi connectivity index (χ4n) is 2.11. The Labute approximate surface area is 120 Å². The molecule has 4 nitrogen and oxygen atoms in total. The highest BCUT2D eigenvalue weighted by Gasteiger charge is 2.22. The van der Waals surface area contributed by atoms with E-state index in [1.165, 1.54) is 5.56 Å². The molecule has 0 heterocycles. The van der Waals surface area contributed by atoms with Gasteiger partial charge in [-0.1, -0.05) is 12.1 Å². The SMILES string of the molecule is COc1ccc(C(C)NCCCC(=O)NC2CC2)cc1. The van der Waals surface area contributed by atoms with Crippen molar-refractivity contribution in [3.63, 3.8) is 0 Å². The zero-order valence-electron chi connectivity index (χ0n) is 12.3. The lowest BCUT2D eigenvalue weighted by molar-refractivity contribution is -0.121. The molecule has 0 radical (unpaired) electrons. The summed E-state index contributed by atoms with van der Waals surface area (Å²) in [7, 11) is 1.67. The van der Waals surface area contributed by atoms with Crippen LogP contribution < -0.4 is 15.4 Å². The molecule has 20 heavy (non-hydrogen) atoms. The van der Waals surface area contributed by atoms with Crippen molar-refractivity contribution < 1.29 is 9.53 Å². The average Bonchev–Trinajstić information content (AvgIpc) is 3.27. The van der Waals surface area contributed by atoms with Crippen LogP contribution in [0, 0.1) is 0 Å². The molecule has 1 aromatic carbocycles. The fraction of sp³-hybridized carbons (Fsp3) is 0.562. The Morgan fingerprint density at radius 3 is 2.65 bits per heavy atom. The molecular weight excluding hydrogens is 252 g/mol. The molecule has 0 spiro atoms. The summed E-state index contributed by atoms with van der Waals surface area (Å²) in [5.74, 6) is 1.06. The number of hydrogen-bond donors (Lipinski definition) is 2. The van der Waals surface area contributed by atoms with Gasteiger partial charge in [-0.3, -0.25) is 4.79 Å². The minimum Gasteiger partial charge on any atom is -0.497 e. The summed E-state index contributed by atoms with van der Waals surface area (Å²) < 4.78 is 5.15. The number of rotatable bonds is 8. The van der Waals surface area contributed by atoms with Crippen LogP contribution >= 0.6 is 0 Å². The molecule has 1 aromatic rings. The summed E-state index contributed by atoms with van der Waals surface area (Å²) in [5, 5.41) is 6.45. The zero-order chi connectivity index (χ0) is 14.4. The van der Waals surface area contributed by atoms with Gasteiger partial charge in [-0.15, -0.1) is 0 Å². The van der Waals surface area contributed by atoms with Crippen molar-refractivity contribution in [3.8, 4) is 5.75 Å². The van der Waals surface area contributed by atoms with E-state index < -0.39 is 0 Å². The molecule has 1 amide bonds. The van der Waals surface area contributed by atoms with Crippen molar-refractivity contribution >= 4 is 5.91 Å². The molecule has 2 N–H and O–H groups in total. The molecule has 1 unspecified atom stereocenters. The van der Waals surface area contributed by atoms with Gasteiger partial charge in [0.1, 0.15) is 5.75 Å². The molecule has 1 aliphatic carbocycles. The number of methoxy groups -OCH3 is 1. The first kappa shape index (κ1) is 14.9. The fourth-order valence-corrected chi connectivity index (χ4v) is 2.11. The first-order valence-corrected chi connectivity index (χ1v) is 7.35. The molecule has 2 rings (SSSR count). The topological polar surface area (TPSA) is 50.4 Å². The standard InChI is InChI=1S/C16H24N2O2/c1-12(13-5-9-15(20-2)10-6-13)17-11-3-4-16(19)18-14-7-8-14/h5-6,9-10,12,14,17H,3-4,7-8,11H2,1-2H3,(H,18,19). The number of nitrogens with one attached hydrogen (secondary N) is 2. The molecule has 0 aliphatic heterocycles. The van der Waals surface area contributed by atoms with Crippen LogP contribution in [0.3, 0.4) is 0 Å². The highest BCUT2D eigenvalue weighted by Crippen LogP contribution is 2.19. The maximum Gasteiger partial charge on any atom is 0.220 e. The average molecular weight is 276 g/mol. The van der Waals surface area contributed by atoms with Crippen molar-refractivity contribution in [3.05, 3.63) is 29.8 Å². The quantitative estimate of drug-likeness (QED) is 0.717. The van der Waals surface area contributed by atoms with Crippen molar-refractivity contribution in [2.75, 3.05) is 13.7 Å². The molecule has 0 saturated heterocycles. The van der Waals surface area contributed by atoms with Gasteiger partial charge in [-0.25, -0.2) is 0 Å². The second kappa shape index (κ2) is 7.29. The monoisotopic (exact) mass is 276 g/mol. The van der Waals surface area contributed by atoms with E-state index in [9.17, 15) is 4.79 Å². The van der Waals surface area contributed by atoms with Gasteiger partial charge >= 0.3 is 0 Å². The van der Waals surface area contributed by atoms with E-state index >= 15 is 0 Å². The normalized spacial score (nSPS) is 15.7. The highest BCUT2D eigenvalue weighted by atomic mass is 16.5. The van der Waals surface area contributed by atoms with E-state index in [1.54, 1.807) is 7.11 Å². The van der Waals surface area contributed by atoms with Gasteiger partial charge in [0.15, 0.2) is 0 Å². The summed E-state index contributed by atoms with van der Waals surface area (Å²) in [6.07, 6.45) is 3.79. The van der Waals surface area contributed by atoms with Crippen LogP contribution in [-0.2, 0) is 4.79 Å². The Morgan fingerprint density at radius 1 is 1.35 bits per heavy atom. The van der Waals surface area contributed by atoms with E-state index in [0.29, 0.717) is 12.5 Å². The number of ether oxygens (including phenoxy) is 1. The van der Waals surface area contributed by atoms with Crippen LogP contribution in [0.4, 0.5) is 0 Å². The molecular formula is C16H24N2O2. The summed E-state index contributed by atoms with van der Waals surface area (Å²) in [4.78, 5) is 11.5. The Hall–Kier alpha value is -1.55. The molecule has 1 fully saturated rings. The minimum absolute atomic E-state index is 0.186. The van der Waals surface area contributed by atoms with Gasteiger partial charge in [-0.2, -0.15) is 0 Å². The van der Waals surface area contributed by atoms with E-state index in [-0.39, 0.29) is 11.9 Å². The third kappa shape index (κ3) is 4.85. The van der Waals surface area contributed by atoms with Gasteiger partial charge in [0.25, 0.3) is 0 Å². The molecule has 0 bridgehead atoms. The minimum atomic E-state index is 0.186. The predicted molar refractivity (Wildman–Crippen MR) is 79.8 cm³/mol. The Kier molecular flexibility index (Phi) is 5.41. The van der Waals surface area contributed by atoms with Gasteiger partial charge in [0.2, 0.25) is 5.91 Å². The van der Waals surface area contributed by atoms with Crippen LogP contribution in [0.15, 0.2) is 24.3 Å². The number of carbonyl (C=O) groups is 1. The second-order valence-electron chi connectivity index (χ2n) is 5.39. The molecule has 4 heteroatoms. The Morgan fingerprint density at radius 2 is 2.05 bits per heavy atom. The number of amides is 1. The summed E-state index contributed by atoms with van der Waals surface area (Å²) in [5.41, 5.74) is 1.23. The lowest BCUT2D eigenvalue weighted by Gasteiger charge is -2.14. The molecule has 1 saturated carbocycles. The predicted octanol–water partition coefficient (Wildman–Crippen LogP) is 2.40. The summed E-state index contributed by atoms with van der Waals surface area (Å²) >= 11 is 0. The van der Waals surface area contributed by atoms with E-state index in [1.807, 2.05) is 12.1 Å². The first-order valence-electron chi connectivity index (χ1n) is 7.35. The lowest BCUT2D eigenvalue weighted by Crippen LogP contribution is -2.27. The van der Waals surface area contributed by atoms with Crippen LogP contribution in [0.5, 0.6) is 5.75 Å². The van der Waals surface area contributed by atoms with E-state index in [2.05, 4.69) is 29.7 Å². The highest BCUT2D eigenvalue weighted by molar-refractivity contribution is 5.76. The van der Waals surface area contributed by atoms with Crippen LogP contribution in [0.25, 0.3) is 0 Å². The van der Waals surface area contributed by atoms with Gasteiger partial charge in [0, 0.05) is 18.5 Å². The van der Waals surface area contributed by atoms with Crippen molar-refractivity contribution in [1.29, 1.82) is 0 Å². The van der Waals surface area contributed by atoms with Gasteiger partial charge < -0.3 is 15.4 Å². The summed E-state index contributed by atoms with van der Waals surface area (Å²) in [6, 6.07) is 8.82. The molecule has 1 atom stereocenters. The number of carbonyl (C=O) groups excluding carboxylic acids is 1. The van der Waals surface area contributed by atoms with Crippen LogP contribution in [0.2, 0.25) is 0 Å². The third-order valence-electron chi connectivity index (χ3n) is 3.59. The molecule has 0 aromatic heterocycles. The van der Waals surface area contributed by atoms with Crippen LogP contribution in [-0.4, -0.2) is 25.6 Å². The van der Waals surface area contributed by atoms with Crippen molar-refractivity contribution in [2.45, 2.75) is 44.7 Å². The van der Waals surface area contributed by atoms with Gasteiger partial charge in [-0.05, 0) is 50.4 Å². The summed E-state index contributed by atoms with van der Waals surface area (Å²) in [6.45, 7) is 2.98.